The molecule has 10 nitrogen and oxygen atoms in total. The van der Waals surface area contributed by atoms with Crippen LogP contribution in [0, 0.1) is 0 Å². The van der Waals surface area contributed by atoms with E-state index in [2.05, 4.69) is 10.6 Å². The summed E-state index contributed by atoms with van der Waals surface area (Å²) in [7, 11) is 0. The minimum absolute atomic E-state index is 0.345. The summed E-state index contributed by atoms with van der Waals surface area (Å²) in [5.41, 5.74) is -0.689. The van der Waals surface area contributed by atoms with Crippen LogP contribution in [0.1, 0.15) is 13.8 Å². The highest BCUT2D eigenvalue weighted by Crippen LogP contribution is 2.11. The van der Waals surface area contributed by atoms with E-state index in [1.807, 2.05) is 0 Å². The molecule has 4 atom stereocenters. The summed E-state index contributed by atoms with van der Waals surface area (Å²) in [6.45, 7) is 2.40. The molecule has 0 radical (unpaired) electrons. The predicted octanol–water partition coefficient (Wildman–Crippen LogP) is -2.25. The van der Waals surface area contributed by atoms with Gasteiger partial charge in [0.25, 0.3) is 0 Å². The van der Waals surface area contributed by atoms with Gasteiger partial charge >= 0.3 is 11.9 Å². The smallest absolute Gasteiger partial charge is 0.328 e. The van der Waals surface area contributed by atoms with Gasteiger partial charge in [0.05, 0.1) is 23.6 Å². The first-order chi connectivity index (χ1) is 11.0. The van der Waals surface area contributed by atoms with Crippen LogP contribution in [-0.4, -0.2) is 68.2 Å². The standard InChI is InChI=1S/C14H18N2O8/c1-5(17)11(13(21)22)15-7-3-10(20)8(4-9(7)19)16-12(6(2)18)14(23)24/h3-6,11-12,15-18H,1-2H3,(H,21,22)(H,23,24). The maximum absolute atomic E-state index is 12.0. The molecule has 0 amide bonds. The third-order valence-corrected chi connectivity index (χ3v) is 3.20. The number of hydrogen-bond donors (Lipinski definition) is 6. The second kappa shape index (κ2) is 7.70. The maximum Gasteiger partial charge on any atom is 0.328 e. The molecule has 0 aromatic carbocycles. The van der Waals surface area contributed by atoms with E-state index < -0.39 is 47.8 Å². The molecule has 1 rings (SSSR count). The number of allylic oxidation sites excluding steroid dienone is 2. The molecular weight excluding hydrogens is 324 g/mol. The minimum Gasteiger partial charge on any atom is -0.480 e. The van der Waals surface area contributed by atoms with Crippen molar-refractivity contribution in [3.05, 3.63) is 23.5 Å². The Hall–Kier alpha value is -2.72. The van der Waals surface area contributed by atoms with Crippen molar-refractivity contribution in [1.82, 2.24) is 10.6 Å². The number of aliphatic hydroxyl groups is 2. The van der Waals surface area contributed by atoms with Gasteiger partial charge in [-0.1, -0.05) is 0 Å². The van der Waals surface area contributed by atoms with E-state index >= 15 is 0 Å². The van der Waals surface area contributed by atoms with Crippen LogP contribution in [0.2, 0.25) is 0 Å². The highest BCUT2D eigenvalue weighted by Gasteiger charge is 2.30. The first-order valence-electron chi connectivity index (χ1n) is 6.91. The van der Waals surface area contributed by atoms with E-state index in [1.54, 1.807) is 0 Å². The molecule has 0 saturated heterocycles. The lowest BCUT2D eigenvalue weighted by Gasteiger charge is -2.23. The van der Waals surface area contributed by atoms with Crippen LogP contribution in [0.25, 0.3) is 0 Å². The molecule has 0 aliphatic heterocycles. The monoisotopic (exact) mass is 342 g/mol. The fraction of sp³-hybridized carbons (Fsp3) is 0.429. The van der Waals surface area contributed by atoms with E-state index in [9.17, 15) is 29.4 Å². The van der Waals surface area contributed by atoms with Crippen molar-refractivity contribution in [1.29, 1.82) is 0 Å². The van der Waals surface area contributed by atoms with Crippen LogP contribution in [0.5, 0.6) is 0 Å². The largest absolute Gasteiger partial charge is 0.480 e. The van der Waals surface area contributed by atoms with Crippen molar-refractivity contribution in [3.8, 4) is 0 Å². The van der Waals surface area contributed by atoms with Crippen molar-refractivity contribution < 1.29 is 39.6 Å². The molecular formula is C14H18N2O8. The molecule has 0 spiro atoms. The molecule has 6 N–H and O–H groups in total. The fourth-order valence-corrected chi connectivity index (χ4v) is 1.90. The number of ketones is 2. The molecule has 1 aliphatic carbocycles. The zero-order valence-corrected chi connectivity index (χ0v) is 12.9. The number of aliphatic hydroxyl groups excluding tert-OH is 2. The summed E-state index contributed by atoms with van der Waals surface area (Å²) in [5, 5.41) is 41.2. The zero-order valence-electron chi connectivity index (χ0n) is 12.9. The van der Waals surface area contributed by atoms with E-state index in [1.165, 1.54) is 13.8 Å². The molecule has 24 heavy (non-hydrogen) atoms. The topological polar surface area (TPSA) is 173 Å². The average molecular weight is 342 g/mol. The third-order valence-electron chi connectivity index (χ3n) is 3.20. The van der Waals surface area contributed by atoms with Crippen LogP contribution in [0.15, 0.2) is 23.5 Å². The van der Waals surface area contributed by atoms with Gasteiger partial charge in [-0.2, -0.15) is 0 Å². The van der Waals surface area contributed by atoms with Crippen molar-refractivity contribution in [2.45, 2.75) is 38.1 Å². The summed E-state index contributed by atoms with van der Waals surface area (Å²) < 4.78 is 0. The van der Waals surface area contributed by atoms with Gasteiger partial charge in [-0.3, -0.25) is 9.59 Å². The van der Waals surface area contributed by atoms with Crippen molar-refractivity contribution in [2.75, 3.05) is 0 Å². The molecule has 1 aliphatic rings. The van der Waals surface area contributed by atoms with Crippen LogP contribution >= 0.6 is 0 Å². The van der Waals surface area contributed by atoms with Gasteiger partial charge in [-0.05, 0) is 13.8 Å². The van der Waals surface area contributed by atoms with Crippen LogP contribution in [0.3, 0.4) is 0 Å². The Kier molecular flexibility index (Phi) is 6.20. The van der Waals surface area contributed by atoms with Crippen molar-refractivity contribution in [3.63, 3.8) is 0 Å². The highest BCUT2D eigenvalue weighted by atomic mass is 16.4. The molecule has 0 bridgehead atoms. The molecule has 0 aromatic heterocycles. The average Bonchev–Trinajstić information content (AvgIpc) is 2.44. The van der Waals surface area contributed by atoms with Crippen molar-refractivity contribution in [2.24, 2.45) is 0 Å². The Balaban J connectivity index is 2.94. The number of carbonyl (C=O) groups excluding carboxylic acids is 2. The van der Waals surface area contributed by atoms with Gasteiger partial charge in [0.1, 0.15) is 0 Å². The van der Waals surface area contributed by atoms with E-state index in [-0.39, 0.29) is 11.4 Å². The normalized spacial score (nSPS) is 19.5. The van der Waals surface area contributed by atoms with Gasteiger partial charge in [-0.15, -0.1) is 0 Å². The Morgan fingerprint density at radius 1 is 0.833 bits per heavy atom. The van der Waals surface area contributed by atoms with Gasteiger partial charge in [0.15, 0.2) is 12.1 Å². The number of rotatable bonds is 8. The Labute approximate surface area is 136 Å². The lowest BCUT2D eigenvalue weighted by atomic mass is 10.0. The maximum atomic E-state index is 12.0. The van der Waals surface area contributed by atoms with Gasteiger partial charge < -0.3 is 31.1 Å². The molecule has 132 valence electrons. The summed E-state index contributed by atoms with van der Waals surface area (Å²) in [6.07, 6.45) is -1.07. The number of hydrogen-bond acceptors (Lipinski definition) is 8. The summed E-state index contributed by atoms with van der Waals surface area (Å²) in [5.74, 6) is -4.39. The van der Waals surface area contributed by atoms with E-state index in [4.69, 9.17) is 10.2 Å². The Bertz CT molecular complexity index is 566. The Morgan fingerprint density at radius 3 is 1.33 bits per heavy atom. The fourth-order valence-electron chi connectivity index (χ4n) is 1.90. The van der Waals surface area contributed by atoms with Gasteiger partial charge in [0.2, 0.25) is 11.6 Å². The molecule has 10 heteroatoms. The minimum atomic E-state index is -1.50. The first kappa shape index (κ1) is 19.3. The van der Waals surface area contributed by atoms with Gasteiger partial charge in [0, 0.05) is 12.2 Å². The van der Waals surface area contributed by atoms with Crippen LogP contribution < -0.4 is 10.6 Å². The SMILES string of the molecule is CC(O)C(NC1=CC(=O)C(NC(C(=O)O)C(C)O)=CC1=O)C(=O)O. The van der Waals surface area contributed by atoms with Crippen LogP contribution in [0.4, 0.5) is 0 Å². The number of nitrogens with one attached hydrogen (secondary N) is 2. The summed E-state index contributed by atoms with van der Waals surface area (Å²) >= 11 is 0. The highest BCUT2D eigenvalue weighted by molar-refractivity contribution is 6.19. The Morgan fingerprint density at radius 2 is 1.12 bits per heavy atom. The second-order valence-corrected chi connectivity index (χ2v) is 5.25. The molecule has 0 fully saturated rings. The number of carboxylic acid groups (broad SMARTS) is 2. The lowest BCUT2D eigenvalue weighted by Crippen LogP contribution is -2.48. The molecule has 0 heterocycles. The number of aliphatic carboxylic acids is 2. The zero-order chi connectivity index (χ0) is 18.6. The first-order valence-corrected chi connectivity index (χ1v) is 6.91. The second-order valence-electron chi connectivity index (χ2n) is 5.25. The lowest BCUT2D eigenvalue weighted by molar-refractivity contribution is -0.143. The van der Waals surface area contributed by atoms with E-state index in [0.717, 1.165) is 12.2 Å². The summed E-state index contributed by atoms with van der Waals surface area (Å²) in [6, 6.07) is -3.00. The van der Waals surface area contributed by atoms with Crippen LogP contribution in [-0.2, 0) is 19.2 Å². The van der Waals surface area contributed by atoms with E-state index in [0.29, 0.717) is 0 Å². The van der Waals surface area contributed by atoms with Crippen molar-refractivity contribution >= 4 is 23.5 Å². The number of carboxylic acids is 2. The molecule has 4 unspecified atom stereocenters. The quantitative estimate of drug-likeness (QED) is 0.264. The summed E-state index contributed by atoms with van der Waals surface area (Å²) in [4.78, 5) is 45.9. The molecule has 0 saturated carbocycles. The number of carbonyl (C=O) groups is 4. The van der Waals surface area contributed by atoms with Gasteiger partial charge in [-0.25, -0.2) is 9.59 Å². The third kappa shape index (κ3) is 4.64. The predicted molar refractivity (Wildman–Crippen MR) is 78.7 cm³/mol. The molecule has 0 aromatic rings.